The number of hydrogen-bond donors (Lipinski definition) is 2. The Balaban J connectivity index is 1.53. The second-order valence-electron chi connectivity index (χ2n) is 12.3. The highest BCUT2D eigenvalue weighted by Crippen LogP contribution is 2.67. The van der Waals surface area contributed by atoms with Gasteiger partial charge in [0.1, 0.15) is 0 Å². The molecule has 2 N–H and O–H groups in total. The van der Waals surface area contributed by atoms with Crippen LogP contribution in [0.2, 0.25) is 0 Å². The smallest absolute Gasteiger partial charge is 0.0579 e. The molecule has 9 atom stereocenters. The molecule has 3 saturated carbocycles. The maximum Gasteiger partial charge on any atom is 0.0579 e. The van der Waals surface area contributed by atoms with Crippen molar-refractivity contribution in [2.24, 2.45) is 46.3 Å². The molecule has 4 rings (SSSR count). The highest BCUT2D eigenvalue weighted by Gasteiger charge is 2.61. The Morgan fingerprint density at radius 1 is 1.03 bits per heavy atom. The number of rotatable bonds is 5. The summed E-state index contributed by atoms with van der Waals surface area (Å²) >= 11 is 0. The molecule has 0 radical (unpaired) electrons. The topological polar surface area (TPSA) is 40.5 Å². The first kappa shape index (κ1) is 21.9. The summed E-state index contributed by atoms with van der Waals surface area (Å²) in [7, 11) is 0. The monoisotopic (exact) mass is 402 g/mol. The van der Waals surface area contributed by atoms with Crippen LogP contribution in [-0.2, 0) is 0 Å². The number of fused-ring (bicyclic) bond motifs is 5. The molecule has 4 aliphatic carbocycles. The summed E-state index contributed by atoms with van der Waals surface area (Å²) in [6, 6.07) is 0. The molecule has 2 nitrogen and oxygen atoms in total. The molecule has 0 aromatic carbocycles. The van der Waals surface area contributed by atoms with Gasteiger partial charge in [0.15, 0.2) is 0 Å². The molecule has 0 aromatic rings. The van der Waals surface area contributed by atoms with Gasteiger partial charge in [-0.1, -0.05) is 65.5 Å². The molecule has 0 bridgehead atoms. The van der Waals surface area contributed by atoms with E-state index in [4.69, 9.17) is 0 Å². The fraction of sp³-hybridized carbons (Fsp3) is 0.926. The molecule has 4 aliphatic rings. The van der Waals surface area contributed by atoms with Crippen molar-refractivity contribution >= 4 is 0 Å². The molecule has 1 unspecified atom stereocenters. The predicted molar refractivity (Wildman–Crippen MR) is 120 cm³/mol. The lowest BCUT2D eigenvalue weighted by molar-refractivity contribution is -0.0620. The summed E-state index contributed by atoms with van der Waals surface area (Å²) in [5.41, 5.74) is 2.17. The lowest BCUT2D eigenvalue weighted by atomic mass is 9.47. The third-order valence-corrected chi connectivity index (χ3v) is 10.2. The lowest BCUT2D eigenvalue weighted by Crippen LogP contribution is -2.51. The van der Waals surface area contributed by atoms with Crippen molar-refractivity contribution < 1.29 is 10.2 Å². The van der Waals surface area contributed by atoms with Gasteiger partial charge in [-0.05, 0) is 91.3 Å². The van der Waals surface area contributed by atoms with Gasteiger partial charge in [0.2, 0.25) is 0 Å². The van der Waals surface area contributed by atoms with E-state index in [1.807, 2.05) is 0 Å². The molecule has 166 valence electrons. The van der Waals surface area contributed by atoms with Gasteiger partial charge in [0.25, 0.3) is 0 Å². The minimum atomic E-state index is -0.121. The van der Waals surface area contributed by atoms with Gasteiger partial charge in [-0.3, -0.25) is 0 Å². The van der Waals surface area contributed by atoms with Crippen LogP contribution in [0.3, 0.4) is 0 Å². The molecule has 0 aromatic heterocycles. The van der Waals surface area contributed by atoms with Crippen LogP contribution in [-0.4, -0.2) is 22.4 Å². The zero-order valence-electron chi connectivity index (χ0n) is 19.7. The van der Waals surface area contributed by atoms with Crippen molar-refractivity contribution in [3.8, 4) is 0 Å². The molecule has 29 heavy (non-hydrogen) atoms. The predicted octanol–water partition coefficient (Wildman–Crippen LogP) is 6.36. The highest BCUT2D eigenvalue weighted by atomic mass is 16.3. The second-order valence-corrected chi connectivity index (χ2v) is 12.3. The quantitative estimate of drug-likeness (QED) is 0.525. The van der Waals surface area contributed by atoms with Gasteiger partial charge < -0.3 is 10.2 Å². The molecular weight excluding hydrogens is 356 g/mol. The van der Waals surface area contributed by atoms with Crippen molar-refractivity contribution in [2.45, 2.75) is 111 Å². The first-order chi connectivity index (χ1) is 13.7. The second kappa shape index (κ2) is 7.97. The van der Waals surface area contributed by atoms with Crippen LogP contribution in [0, 0.1) is 46.3 Å². The lowest BCUT2D eigenvalue weighted by Gasteiger charge is -2.58. The minimum Gasteiger partial charge on any atom is -0.393 e. The van der Waals surface area contributed by atoms with Gasteiger partial charge in [-0.15, -0.1) is 0 Å². The minimum absolute atomic E-state index is 0.107. The summed E-state index contributed by atoms with van der Waals surface area (Å²) < 4.78 is 0. The zero-order valence-corrected chi connectivity index (χ0v) is 19.7. The van der Waals surface area contributed by atoms with Crippen LogP contribution < -0.4 is 0 Å². The van der Waals surface area contributed by atoms with Crippen molar-refractivity contribution in [2.75, 3.05) is 0 Å². The first-order valence-electron chi connectivity index (χ1n) is 12.7. The number of allylic oxidation sites excluding steroid dienone is 1. The average Bonchev–Trinajstić information content (AvgIpc) is 2.92. The molecule has 0 saturated heterocycles. The van der Waals surface area contributed by atoms with Gasteiger partial charge in [0.05, 0.1) is 12.2 Å². The molecule has 0 amide bonds. The summed E-state index contributed by atoms with van der Waals surface area (Å²) in [5.74, 6) is 4.07. The van der Waals surface area contributed by atoms with E-state index in [0.717, 1.165) is 43.4 Å². The van der Waals surface area contributed by atoms with Crippen LogP contribution in [0.4, 0.5) is 0 Å². The maximum atomic E-state index is 11.2. The van der Waals surface area contributed by atoms with Crippen LogP contribution in [0.1, 0.15) is 98.8 Å². The number of aliphatic hydroxyl groups is 2. The fourth-order valence-electron chi connectivity index (χ4n) is 8.75. The normalized spacial score (nSPS) is 47.9. The Hall–Kier alpha value is -0.340. The van der Waals surface area contributed by atoms with Gasteiger partial charge in [-0.2, -0.15) is 0 Å². The Morgan fingerprint density at radius 3 is 2.52 bits per heavy atom. The molecule has 0 aliphatic heterocycles. The van der Waals surface area contributed by atoms with Crippen LogP contribution in [0.15, 0.2) is 11.6 Å². The number of hydrogen-bond acceptors (Lipinski definition) is 2. The zero-order chi connectivity index (χ0) is 21.0. The molecular formula is C27H46O2. The standard InChI is InChI=1S/C27H46O2/c1-17(2)7-6-8-18(3)25-24(29)16-23-21-10-9-19-15-20(28)11-13-26(19,4)22(21)12-14-27(23,25)5/h9,17-18,20-25,28-29H,6-8,10-16H2,1-5H3/t18-,20+,21-,22+,23+,24?,25+,26+,27-/m1/s1. The van der Waals surface area contributed by atoms with Crippen LogP contribution >= 0.6 is 0 Å². The van der Waals surface area contributed by atoms with Crippen molar-refractivity contribution in [3.63, 3.8) is 0 Å². The summed E-state index contributed by atoms with van der Waals surface area (Å²) in [4.78, 5) is 0. The first-order valence-corrected chi connectivity index (χ1v) is 12.7. The van der Waals surface area contributed by atoms with Crippen LogP contribution in [0.25, 0.3) is 0 Å². The Labute approximate surface area is 179 Å². The van der Waals surface area contributed by atoms with E-state index in [1.165, 1.54) is 38.5 Å². The van der Waals surface area contributed by atoms with E-state index in [2.05, 4.69) is 40.7 Å². The highest BCUT2D eigenvalue weighted by molar-refractivity contribution is 5.25. The summed E-state index contributed by atoms with van der Waals surface area (Å²) in [6.07, 6.45) is 14.0. The molecule has 2 heteroatoms. The molecule has 0 heterocycles. The van der Waals surface area contributed by atoms with Crippen molar-refractivity contribution in [3.05, 3.63) is 11.6 Å². The van der Waals surface area contributed by atoms with E-state index in [9.17, 15) is 10.2 Å². The third-order valence-electron chi connectivity index (χ3n) is 10.2. The summed E-state index contributed by atoms with van der Waals surface area (Å²) in [5, 5.41) is 21.4. The SMILES string of the molecule is CC(C)CCC[C@@H](C)[C@H]1C(O)C[C@H]2[C@@H]3CC=C4C[C@@H](O)CC[C@]4(C)[C@H]3CC[C@@]12C. The fourth-order valence-corrected chi connectivity index (χ4v) is 8.75. The number of aliphatic hydroxyl groups excluding tert-OH is 2. The third kappa shape index (κ3) is 3.65. The van der Waals surface area contributed by atoms with E-state index >= 15 is 0 Å². The Kier molecular flexibility index (Phi) is 6.01. The van der Waals surface area contributed by atoms with Crippen LogP contribution in [0.5, 0.6) is 0 Å². The van der Waals surface area contributed by atoms with Gasteiger partial charge in [-0.25, -0.2) is 0 Å². The van der Waals surface area contributed by atoms with E-state index in [1.54, 1.807) is 5.57 Å². The van der Waals surface area contributed by atoms with Crippen molar-refractivity contribution in [1.29, 1.82) is 0 Å². The summed E-state index contributed by atoms with van der Waals surface area (Å²) in [6.45, 7) is 12.1. The van der Waals surface area contributed by atoms with Gasteiger partial charge in [0, 0.05) is 0 Å². The van der Waals surface area contributed by atoms with E-state index in [0.29, 0.717) is 28.6 Å². The molecule has 0 spiro atoms. The molecule has 3 fully saturated rings. The van der Waals surface area contributed by atoms with E-state index in [-0.39, 0.29) is 12.2 Å². The average molecular weight is 403 g/mol. The Bertz CT molecular complexity index is 624. The van der Waals surface area contributed by atoms with Gasteiger partial charge >= 0.3 is 0 Å². The Morgan fingerprint density at radius 2 is 1.79 bits per heavy atom. The van der Waals surface area contributed by atoms with E-state index < -0.39 is 0 Å². The maximum absolute atomic E-state index is 11.2. The van der Waals surface area contributed by atoms with Crippen molar-refractivity contribution in [1.82, 2.24) is 0 Å². The largest absolute Gasteiger partial charge is 0.393 e.